The summed E-state index contributed by atoms with van der Waals surface area (Å²) < 4.78 is 42.3. The maximum Gasteiger partial charge on any atom is 0.338 e. The van der Waals surface area contributed by atoms with E-state index in [9.17, 15) is 14.0 Å². The first-order valence-electron chi connectivity index (χ1n) is 18.4. The molecule has 0 radical (unpaired) electrons. The Labute approximate surface area is 309 Å². The number of fused-ring (bicyclic) bond motifs is 3. The van der Waals surface area contributed by atoms with Crippen LogP contribution in [0.15, 0.2) is 71.9 Å². The molecule has 4 aromatic heterocycles. The van der Waals surface area contributed by atoms with Crippen molar-refractivity contribution in [3.8, 4) is 17.2 Å². The second kappa shape index (κ2) is 12.9. The lowest BCUT2D eigenvalue weighted by Crippen LogP contribution is -2.35. The molecular weight excluding hydrogens is 690 g/mol. The highest BCUT2D eigenvalue weighted by molar-refractivity contribution is 5.98. The Morgan fingerprint density at radius 1 is 0.963 bits per heavy atom. The Kier molecular flexibility index (Phi) is 8.14. The summed E-state index contributed by atoms with van der Waals surface area (Å²) in [7, 11) is 1.73. The van der Waals surface area contributed by atoms with Gasteiger partial charge in [-0.1, -0.05) is 6.07 Å². The van der Waals surface area contributed by atoms with E-state index in [1.54, 1.807) is 60.7 Å². The molecule has 7 aromatic rings. The molecule has 1 fully saturated rings. The molecule has 1 amide bonds. The minimum atomic E-state index is -0.569. The normalized spacial score (nSPS) is 16.7. The lowest BCUT2D eigenvalue weighted by Gasteiger charge is -2.28. The van der Waals surface area contributed by atoms with Gasteiger partial charge in [0.15, 0.2) is 5.82 Å². The Bertz CT molecular complexity index is 2650. The number of hydrogen-bond acceptors (Lipinski definition) is 5. The zero-order valence-corrected chi connectivity index (χ0v) is 30.6. The highest BCUT2D eigenvalue weighted by Crippen LogP contribution is 2.37. The number of hydrogen-bond donors (Lipinski definition) is 1. The lowest BCUT2D eigenvalue weighted by atomic mass is 9.91. The van der Waals surface area contributed by atoms with Crippen LogP contribution in [0.4, 0.5) is 8.78 Å². The van der Waals surface area contributed by atoms with Gasteiger partial charge in [0.25, 0.3) is 5.91 Å². The maximum absolute atomic E-state index is 15.9. The monoisotopic (exact) mass is 730 g/mol. The van der Waals surface area contributed by atoms with E-state index in [0.29, 0.717) is 70.1 Å². The van der Waals surface area contributed by atoms with Gasteiger partial charge in [-0.05, 0) is 112 Å². The molecule has 0 saturated carbocycles. The first kappa shape index (κ1) is 34.0. The minimum absolute atomic E-state index is 0.0773. The number of halogens is 2. The van der Waals surface area contributed by atoms with Gasteiger partial charge in [0, 0.05) is 55.7 Å². The molecule has 9 rings (SSSR count). The number of aromatic amines is 1. The molecule has 2 aliphatic heterocycles. The summed E-state index contributed by atoms with van der Waals surface area (Å²) in [5.74, 6) is -0.212. The van der Waals surface area contributed by atoms with Gasteiger partial charge < -0.3 is 14.6 Å². The molecule has 1 saturated heterocycles. The van der Waals surface area contributed by atoms with Gasteiger partial charge in [-0.3, -0.25) is 18.6 Å². The first-order valence-corrected chi connectivity index (χ1v) is 18.4. The number of carbonyl (C=O) groups excluding carboxylic acids is 1. The van der Waals surface area contributed by atoms with Crippen LogP contribution in [0.2, 0.25) is 0 Å². The predicted molar refractivity (Wildman–Crippen MR) is 201 cm³/mol. The van der Waals surface area contributed by atoms with E-state index in [1.807, 2.05) is 24.0 Å². The van der Waals surface area contributed by atoms with E-state index >= 15 is 4.39 Å². The summed E-state index contributed by atoms with van der Waals surface area (Å²) >= 11 is 0. The van der Waals surface area contributed by atoms with Gasteiger partial charge in [-0.25, -0.2) is 18.3 Å². The van der Waals surface area contributed by atoms with Crippen molar-refractivity contribution in [3.05, 3.63) is 123 Å². The van der Waals surface area contributed by atoms with Gasteiger partial charge in [0.2, 0.25) is 0 Å². The molecule has 13 heteroatoms. The van der Waals surface area contributed by atoms with Crippen LogP contribution < -0.4 is 5.69 Å². The van der Waals surface area contributed by atoms with Crippen molar-refractivity contribution in [2.45, 2.75) is 58.4 Å². The average molecular weight is 731 g/mol. The van der Waals surface area contributed by atoms with Crippen LogP contribution in [-0.2, 0) is 18.2 Å². The fourth-order valence-corrected chi connectivity index (χ4v) is 8.37. The van der Waals surface area contributed by atoms with E-state index in [-0.39, 0.29) is 17.4 Å². The summed E-state index contributed by atoms with van der Waals surface area (Å²) in [6, 6.07) is 14.4. The number of aromatic nitrogens is 7. The largest absolute Gasteiger partial charge is 0.381 e. The number of rotatable bonds is 5. The molecule has 6 heterocycles. The summed E-state index contributed by atoms with van der Waals surface area (Å²) in [5.41, 5.74) is 5.62. The van der Waals surface area contributed by atoms with Crippen LogP contribution >= 0.6 is 0 Å². The summed E-state index contributed by atoms with van der Waals surface area (Å²) in [6.07, 6.45) is 7.69. The van der Waals surface area contributed by atoms with E-state index in [1.165, 1.54) is 27.1 Å². The zero-order chi connectivity index (χ0) is 37.4. The van der Waals surface area contributed by atoms with Crippen molar-refractivity contribution in [1.29, 1.82) is 0 Å². The van der Waals surface area contributed by atoms with Gasteiger partial charge >= 0.3 is 5.69 Å². The molecule has 1 N–H and O–H groups in total. The van der Waals surface area contributed by atoms with Crippen LogP contribution in [0.25, 0.3) is 39.0 Å². The Morgan fingerprint density at radius 2 is 1.72 bits per heavy atom. The summed E-state index contributed by atoms with van der Waals surface area (Å²) in [5, 5.41) is 10.5. The Balaban J connectivity index is 1.16. The number of imidazole rings is 1. The zero-order valence-electron chi connectivity index (χ0n) is 30.6. The van der Waals surface area contributed by atoms with Crippen LogP contribution in [0, 0.1) is 25.5 Å². The summed E-state index contributed by atoms with van der Waals surface area (Å²) in [4.78, 5) is 34.1. The lowest BCUT2D eigenvalue weighted by molar-refractivity contribution is 0.0689. The van der Waals surface area contributed by atoms with Crippen LogP contribution in [0.5, 0.6) is 0 Å². The number of carbonyl (C=O) groups is 1. The molecule has 0 unspecified atom stereocenters. The molecule has 0 spiro atoms. The molecule has 3 aromatic carbocycles. The summed E-state index contributed by atoms with van der Waals surface area (Å²) in [6.45, 7) is 7.30. The highest BCUT2D eigenvalue weighted by Gasteiger charge is 2.35. The van der Waals surface area contributed by atoms with Gasteiger partial charge in [0.05, 0.1) is 40.2 Å². The van der Waals surface area contributed by atoms with E-state index in [2.05, 4.69) is 22.2 Å². The van der Waals surface area contributed by atoms with Crippen molar-refractivity contribution in [2.24, 2.45) is 7.05 Å². The van der Waals surface area contributed by atoms with E-state index in [4.69, 9.17) is 9.84 Å². The highest BCUT2D eigenvalue weighted by atomic mass is 19.1. The van der Waals surface area contributed by atoms with E-state index < -0.39 is 17.5 Å². The SMILES string of the molecule is Cc1cc(-n2nc3c(c2-n2ccn(-c4ccc5c(cnn5C)c4F)c2=O)[C@H](C)N(C(=O)c2cc4cc(C5CCOCC5)ccc4[nH]2)CCC3)cc(C)c1F. The number of amides is 1. The molecule has 0 bridgehead atoms. The Hall–Kier alpha value is -5.82. The topological polar surface area (TPSA) is 108 Å². The van der Waals surface area contributed by atoms with Crippen molar-refractivity contribution >= 4 is 27.7 Å². The van der Waals surface area contributed by atoms with Crippen LogP contribution in [0.3, 0.4) is 0 Å². The second-order valence-electron chi connectivity index (χ2n) is 14.6. The Morgan fingerprint density at radius 3 is 2.50 bits per heavy atom. The van der Waals surface area contributed by atoms with Crippen molar-refractivity contribution in [3.63, 3.8) is 0 Å². The standard InChI is InChI=1S/C41H40F2N8O3/c1-23-18-29(19-24(2)37(23)42)51-39(50-15-14-49(41(50)53)35-10-9-34-30(38(35)43)22-44-47(34)4)36-25(3)48(13-5-6-32(36)46-51)40(52)33-21-28-20-27(7-8-31(28)45-33)26-11-16-54-17-12-26/h7-10,14-15,18-22,25-26,45H,5-6,11-13,16-17H2,1-4H3/t25-/m0/s1. The molecule has 11 nitrogen and oxygen atoms in total. The predicted octanol–water partition coefficient (Wildman–Crippen LogP) is 7.12. The van der Waals surface area contributed by atoms with Gasteiger partial charge in [-0.15, -0.1) is 0 Å². The van der Waals surface area contributed by atoms with Crippen LogP contribution in [0.1, 0.15) is 76.6 Å². The van der Waals surface area contributed by atoms with Crippen LogP contribution in [-0.4, -0.2) is 64.2 Å². The molecule has 276 valence electrons. The number of H-pyrrole nitrogens is 1. The molecule has 1 atom stereocenters. The smallest absolute Gasteiger partial charge is 0.338 e. The fraction of sp³-hybridized carbons (Fsp3) is 0.317. The second-order valence-corrected chi connectivity index (χ2v) is 14.6. The van der Waals surface area contributed by atoms with E-state index in [0.717, 1.165) is 42.7 Å². The molecule has 54 heavy (non-hydrogen) atoms. The van der Waals surface area contributed by atoms with Gasteiger partial charge in [0.1, 0.15) is 17.3 Å². The third kappa shape index (κ3) is 5.40. The third-order valence-electron chi connectivity index (χ3n) is 11.3. The number of aryl methyl sites for hydroxylation is 4. The minimum Gasteiger partial charge on any atom is -0.381 e. The average Bonchev–Trinajstić information content (AvgIpc) is 3.94. The number of ether oxygens (including phenoxy) is 1. The number of nitrogens with one attached hydrogen (secondary N) is 1. The molecular formula is C41H40F2N8O3. The quantitative estimate of drug-likeness (QED) is 0.203. The van der Waals surface area contributed by atoms with Crippen molar-refractivity contribution in [2.75, 3.05) is 19.8 Å². The maximum atomic E-state index is 15.9. The van der Waals surface area contributed by atoms with Crippen molar-refractivity contribution < 1.29 is 18.3 Å². The number of benzene rings is 3. The molecule has 2 aliphatic rings. The fourth-order valence-electron chi connectivity index (χ4n) is 8.37. The third-order valence-corrected chi connectivity index (χ3v) is 11.3. The van der Waals surface area contributed by atoms with Gasteiger partial charge in [-0.2, -0.15) is 10.2 Å². The first-order chi connectivity index (χ1) is 26.1. The number of nitrogens with zero attached hydrogens (tertiary/aromatic N) is 7. The molecule has 0 aliphatic carbocycles. The van der Waals surface area contributed by atoms with Crippen molar-refractivity contribution in [1.82, 2.24) is 38.6 Å².